The van der Waals surface area contributed by atoms with Crippen LogP contribution in [0.4, 0.5) is 8.78 Å². The largest absolute Gasteiger partial charge is 0.378 e. The van der Waals surface area contributed by atoms with E-state index in [1.807, 2.05) is 37.3 Å². The van der Waals surface area contributed by atoms with Crippen molar-refractivity contribution in [1.29, 1.82) is 0 Å². The molecule has 36 heavy (non-hydrogen) atoms. The molecule has 1 aliphatic carbocycles. The minimum Gasteiger partial charge on any atom is -0.378 e. The Morgan fingerprint density at radius 2 is 1.64 bits per heavy atom. The molecule has 0 amide bonds. The minimum atomic E-state index is -5.11. The zero-order valence-corrected chi connectivity index (χ0v) is 21.6. The smallest absolute Gasteiger partial charge is 0.377 e. The van der Waals surface area contributed by atoms with Gasteiger partial charge in [-0.05, 0) is 96.3 Å². The molecule has 0 N–H and O–H groups in total. The molecule has 0 atom stereocenters. The van der Waals surface area contributed by atoms with Gasteiger partial charge in [0, 0.05) is 17.5 Å². The first-order valence-electron chi connectivity index (χ1n) is 11.4. The van der Waals surface area contributed by atoms with Crippen LogP contribution in [0.1, 0.15) is 64.9 Å². The average Bonchev–Trinajstić information content (AvgIpc) is 2.97. The number of Topliss-reactive ketones (excluding diaryl/α,β-unsaturated/α-hetero) is 1. The second-order valence-electron chi connectivity index (χ2n) is 8.99. The van der Waals surface area contributed by atoms with Crippen molar-refractivity contribution < 1.29 is 26.2 Å². The summed E-state index contributed by atoms with van der Waals surface area (Å²) in [6.45, 7) is 3.76. The number of rotatable bonds is 6. The maximum Gasteiger partial charge on any atom is 0.377 e. The zero-order valence-electron chi connectivity index (χ0n) is 20.1. The maximum atomic E-state index is 13.4. The first-order valence-corrected chi connectivity index (χ1v) is 13.2. The highest BCUT2D eigenvalue weighted by Gasteiger charge is 2.42. The molecule has 0 saturated heterocycles. The lowest BCUT2D eigenvalue weighted by molar-refractivity contribution is 0.101. The van der Waals surface area contributed by atoms with Gasteiger partial charge in [0.05, 0.1) is 0 Å². The predicted molar refractivity (Wildman–Crippen MR) is 138 cm³/mol. The van der Waals surface area contributed by atoms with E-state index in [2.05, 4.69) is 4.18 Å². The van der Waals surface area contributed by atoms with Gasteiger partial charge in [-0.25, -0.2) is 0 Å². The van der Waals surface area contributed by atoms with E-state index in [-0.39, 0.29) is 18.5 Å². The first kappa shape index (κ1) is 26.0. The van der Waals surface area contributed by atoms with Crippen molar-refractivity contribution in [3.05, 3.63) is 99.1 Å². The number of hydrogen-bond acceptors (Lipinski definition) is 4. The summed E-state index contributed by atoms with van der Waals surface area (Å²) in [5.41, 5.74) is 7.13. The predicted octanol–water partition coefficient (Wildman–Crippen LogP) is 7.47. The number of fused-ring (bicyclic) bond motifs is 1. The third-order valence-electron chi connectivity index (χ3n) is 6.19. The Bertz CT molecular complexity index is 1470. The molecule has 188 valence electrons. The molecule has 1 aliphatic rings. The van der Waals surface area contributed by atoms with Crippen molar-refractivity contribution in [1.82, 2.24) is 0 Å². The maximum absolute atomic E-state index is 13.4. The van der Waals surface area contributed by atoms with Crippen LogP contribution in [-0.4, -0.2) is 19.5 Å². The van der Waals surface area contributed by atoms with Crippen molar-refractivity contribution in [2.24, 2.45) is 0 Å². The van der Waals surface area contributed by atoms with Crippen molar-refractivity contribution >= 4 is 38.6 Å². The highest BCUT2D eigenvalue weighted by atomic mass is 35.5. The van der Waals surface area contributed by atoms with Crippen molar-refractivity contribution in [3.8, 4) is 5.75 Å². The van der Waals surface area contributed by atoms with Crippen LogP contribution in [-0.2, 0) is 16.5 Å². The molecule has 0 radical (unpaired) electrons. The molecule has 0 bridgehead atoms. The third kappa shape index (κ3) is 5.22. The van der Waals surface area contributed by atoms with E-state index in [0.717, 1.165) is 58.2 Å². The van der Waals surface area contributed by atoms with E-state index in [1.54, 1.807) is 18.2 Å². The molecule has 0 saturated carbocycles. The fraction of sp³-hybridized carbons (Fsp3) is 0.250. The van der Waals surface area contributed by atoms with Gasteiger partial charge < -0.3 is 4.18 Å². The molecule has 8 heteroatoms. The van der Waals surface area contributed by atoms with Crippen LogP contribution in [0.15, 0.2) is 60.7 Å². The van der Waals surface area contributed by atoms with E-state index in [1.165, 1.54) is 19.1 Å². The number of ketones is 1. The Labute approximate surface area is 214 Å². The van der Waals surface area contributed by atoms with E-state index >= 15 is 0 Å². The Morgan fingerprint density at radius 3 is 2.25 bits per heavy atom. The van der Waals surface area contributed by atoms with Crippen LogP contribution in [0.3, 0.4) is 0 Å². The fourth-order valence-corrected chi connectivity index (χ4v) is 5.21. The lowest BCUT2D eigenvalue weighted by Crippen LogP contribution is -2.29. The van der Waals surface area contributed by atoms with Crippen LogP contribution in [0, 0.1) is 6.92 Å². The summed E-state index contributed by atoms with van der Waals surface area (Å²) in [4.78, 5) is 12.0. The lowest BCUT2D eigenvalue weighted by Gasteiger charge is -2.18. The summed E-state index contributed by atoms with van der Waals surface area (Å²) in [6.07, 6.45) is 2.32. The summed E-state index contributed by atoms with van der Waals surface area (Å²) in [5.74, 6) is -0.235. The van der Waals surface area contributed by atoms with Gasteiger partial charge in [0.1, 0.15) is 5.75 Å². The van der Waals surface area contributed by atoms with Gasteiger partial charge in [-0.15, -0.1) is 0 Å². The molecule has 0 spiro atoms. The third-order valence-corrected chi connectivity index (χ3v) is 7.80. The summed E-state index contributed by atoms with van der Waals surface area (Å²) in [5, 5.41) is -3.42. The highest BCUT2D eigenvalue weighted by molar-refractivity contribution is 7.88. The molecule has 4 nitrogen and oxygen atoms in total. The fourth-order valence-electron chi connectivity index (χ4n) is 4.35. The SMILES string of the molecule is CC(=O)c1ccc2c(c1)CCCC(c1ccc(C)cc1Cl)=C2c1ccc(OS(=O)(=O)C(C)(F)F)cc1. The molecule has 0 aliphatic heterocycles. The summed E-state index contributed by atoms with van der Waals surface area (Å²) in [7, 11) is -5.11. The molecular formula is C28H25ClF2O4S. The second-order valence-corrected chi connectivity index (χ2v) is 11.2. The molecule has 0 fully saturated rings. The van der Waals surface area contributed by atoms with Crippen LogP contribution >= 0.6 is 11.6 Å². The van der Waals surface area contributed by atoms with Crippen molar-refractivity contribution in [3.63, 3.8) is 0 Å². The van der Waals surface area contributed by atoms with Gasteiger partial charge in [0.2, 0.25) is 0 Å². The molecule has 4 rings (SSSR count). The Kier molecular flexibility index (Phi) is 7.08. The second kappa shape index (κ2) is 9.79. The van der Waals surface area contributed by atoms with Crippen molar-refractivity contribution in [2.75, 3.05) is 0 Å². The lowest BCUT2D eigenvalue weighted by atomic mass is 9.87. The van der Waals surface area contributed by atoms with E-state index in [0.29, 0.717) is 10.6 Å². The summed E-state index contributed by atoms with van der Waals surface area (Å²) in [6, 6.07) is 17.5. The van der Waals surface area contributed by atoms with Gasteiger partial charge in [0.25, 0.3) is 0 Å². The number of benzene rings is 3. The van der Waals surface area contributed by atoms with Gasteiger partial charge in [-0.3, -0.25) is 4.79 Å². The number of hydrogen-bond donors (Lipinski definition) is 0. The number of alkyl halides is 2. The molecule has 0 heterocycles. The number of halogens is 3. The zero-order chi connectivity index (χ0) is 26.3. The van der Waals surface area contributed by atoms with Gasteiger partial charge in [-0.1, -0.05) is 48.0 Å². The average molecular weight is 531 g/mol. The Hall–Kier alpha value is -3.03. The number of allylic oxidation sites excluding steroid dienone is 1. The standard InChI is InChI=1S/C28H25ClF2O4S/c1-17-7-13-24(26(29)15-17)25-6-4-5-21-16-20(18(2)32)10-14-23(21)27(25)19-8-11-22(12-9-19)35-36(33,34)28(3,30)31/h7-16H,4-6H2,1-3H3. The molecule has 0 aromatic heterocycles. The van der Waals surface area contributed by atoms with Crippen LogP contribution in [0.2, 0.25) is 5.02 Å². The van der Waals surface area contributed by atoms with E-state index in [9.17, 15) is 22.0 Å². The molecule has 3 aromatic rings. The van der Waals surface area contributed by atoms with Gasteiger partial charge in [-0.2, -0.15) is 17.2 Å². The monoisotopic (exact) mass is 530 g/mol. The number of carbonyl (C=O) groups is 1. The minimum absolute atomic E-state index is 0.0233. The van der Waals surface area contributed by atoms with Crippen LogP contribution < -0.4 is 4.18 Å². The van der Waals surface area contributed by atoms with Crippen LogP contribution in [0.5, 0.6) is 5.75 Å². The number of aryl methyl sites for hydroxylation is 2. The molecular weight excluding hydrogens is 506 g/mol. The van der Waals surface area contributed by atoms with Crippen LogP contribution in [0.25, 0.3) is 11.1 Å². The Balaban J connectivity index is 1.89. The van der Waals surface area contributed by atoms with Crippen molar-refractivity contribution in [2.45, 2.75) is 45.3 Å². The molecule has 3 aromatic carbocycles. The highest BCUT2D eigenvalue weighted by Crippen LogP contribution is 2.42. The van der Waals surface area contributed by atoms with E-state index in [4.69, 9.17) is 11.6 Å². The van der Waals surface area contributed by atoms with Gasteiger partial charge >= 0.3 is 15.4 Å². The Morgan fingerprint density at radius 1 is 0.972 bits per heavy atom. The summed E-state index contributed by atoms with van der Waals surface area (Å²) >= 11 is 6.67. The number of carbonyl (C=O) groups excluding carboxylic acids is 1. The first-order chi connectivity index (χ1) is 16.9. The quantitative estimate of drug-likeness (QED) is 0.245. The molecule has 0 unspecified atom stereocenters. The summed E-state index contributed by atoms with van der Waals surface area (Å²) < 4.78 is 55.0. The topological polar surface area (TPSA) is 60.4 Å². The van der Waals surface area contributed by atoms with E-state index < -0.39 is 15.4 Å². The van der Waals surface area contributed by atoms with Gasteiger partial charge in [0.15, 0.2) is 5.78 Å². The normalized spacial score (nSPS) is 14.3.